The van der Waals surface area contributed by atoms with Crippen LogP contribution < -0.4 is 10.9 Å². The molecule has 1 atom stereocenters. The molecule has 3 aliphatic rings. The average molecular weight is 395 g/mol. The summed E-state index contributed by atoms with van der Waals surface area (Å²) in [5.74, 6) is 0.791. The van der Waals surface area contributed by atoms with Crippen molar-refractivity contribution in [3.8, 4) is 0 Å². The third kappa shape index (κ3) is 3.43. The summed E-state index contributed by atoms with van der Waals surface area (Å²) >= 11 is 0. The SMILES string of the molecule is O=C(NC1CCCC1)N1CCCC1c1nc2ccccc2c(=O)n1C1CCCC1. The Hall–Kier alpha value is -2.37. The fourth-order valence-corrected chi connectivity index (χ4v) is 5.52. The van der Waals surface area contributed by atoms with E-state index in [1.54, 1.807) is 0 Å². The van der Waals surface area contributed by atoms with Crippen molar-refractivity contribution in [2.24, 2.45) is 0 Å². The van der Waals surface area contributed by atoms with Gasteiger partial charge in [-0.15, -0.1) is 0 Å². The topological polar surface area (TPSA) is 67.2 Å². The molecule has 5 rings (SSSR count). The summed E-state index contributed by atoms with van der Waals surface area (Å²) in [4.78, 5) is 33.4. The molecule has 0 bridgehead atoms. The van der Waals surface area contributed by atoms with Crippen LogP contribution in [0.4, 0.5) is 4.79 Å². The molecule has 6 nitrogen and oxygen atoms in total. The van der Waals surface area contributed by atoms with Crippen LogP contribution in [-0.4, -0.2) is 33.1 Å². The number of para-hydroxylation sites is 1. The number of hydrogen-bond donors (Lipinski definition) is 1. The fourth-order valence-electron chi connectivity index (χ4n) is 5.52. The van der Waals surface area contributed by atoms with Crippen molar-refractivity contribution < 1.29 is 4.79 Å². The second-order valence-corrected chi connectivity index (χ2v) is 8.88. The van der Waals surface area contributed by atoms with Gasteiger partial charge in [0, 0.05) is 18.6 Å². The van der Waals surface area contributed by atoms with Gasteiger partial charge in [0.25, 0.3) is 5.56 Å². The quantitative estimate of drug-likeness (QED) is 0.844. The van der Waals surface area contributed by atoms with E-state index in [1.165, 1.54) is 12.8 Å². The Morgan fingerprint density at radius 2 is 1.69 bits per heavy atom. The van der Waals surface area contributed by atoms with Gasteiger partial charge in [0.2, 0.25) is 0 Å². The van der Waals surface area contributed by atoms with Gasteiger partial charge in [-0.1, -0.05) is 37.8 Å². The molecule has 1 aromatic heterocycles. The van der Waals surface area contributed by atoms with Crippen molar-refractivity contribution in [2.45, 2.75) is 82.3 Å². The molecule has 1 unspecified atom stereocenters. The first kappa shape index (κ1) is 18.6. The standard InChI is InChI=1S/C23H30N4O2/c28-22-18-12-5-6-13-19(18)25-21(27(22)17-10-3-4-11-17)20-14-7-15-26(20)23(29)24-16-8-1-2-9-16/h5-6,12-13,16-17,20H,1-4,7-11,14-15H2,(H,24,29). The number of amides is 2. The molecule has 2 heterocycles. The van der Waals surface area contributed by atoms with E-state index in [0.29, 0.717) is 11.4 Å². The van der Waals surface area contributed by atoms with E-state index in [9.17, 15) is 9.59 Å². The number of nitrogens with zero attached hydrogens (tertiary/aromatic N) is 3. The predicted octanol–water partition coefficient (Wildman–Crippen LogP) is 4.30. The maximum Gasteiger partial charge on any atom is 0.318 e. The molecule has 1 aliphatic heterocycles. The number of likely N-dealkylation sites (tertiary alicyclic amines) is 1. The van der Waals surface area contributed by atoms with Crippen molar-refractivity contribution in [3.05, 3.63) is 40.4 Å². The second kappa shape index (κ2) is 7.81. The van der Waals surface area contributed by atoms with Crippen LogP contribution in [0.2, 0.25) is 0 Å². The highest BCUT2D eigenvalue weighted by Gasteiger charge is 2.36. The van der Waals surface area contributed by atoms with Gasteiger partial charge in [-0.2, -0.15) is 0 Å². The largest absolute Gasteiger partial charge is 0.335 e. The fraction of sp³-hybridized carbons (Fsp3) is 0.609. The van der Waals surface area contributed by atoms with Gasteiger partial charge in [-0.3, -0.25) is 9.36 Å². The summed E-state index contributed by atoms with van der Waals surface area (Å²) in [6.45, 7) is 0.733. The van der Waals surface area contributed by atoms with Gasteiger partial charge >= 0.3 is 6.03 Å². The van der Waals surface area contributed by atoms with Gasteiger partial charge in [0.05, 0.1) is 16.9 Å². The van der Waals surface area contributed by atoms with E-state index in [-0.39, 0.29) is 23.7 Å². The van der Waals surface area contributed by atoms with Gasteiger partial charge in [0.1, 0.15) is 5.82 Å². The molecule has 0 spiro atoms. The number of carbonyl (C=O) groups is 1. The molecule has 2 amide bonds. The lowest BCUT2D eigenvalue weighted by Gasteiger charge is -2.29. The summed E-state index contributed by atoms with van der Waals surface area (Å²) in [6.07, 6.45) is 10.7. The molecule has 1 N–H and O–H groups in total. The maximum atomic E-state index is 13.5. The van der Waals surface area contributed by atoms with Crippen molar-refractivity contribution >= 4 is 16.9 Å². The first-order chi connectivity index (χ1) is 14.2. The first-order valence-electron chi connectivity index (χ1n) is 11.3. The normalized spacial score (nSPS) is 23.3. The number of nitrogens with one attached hydrogen (secondary N) is 1. The van der Waals surface area contributed by atoms with Crippen LogP contribution in [0.15, 0.2) is 29.1 Å². The molecule has 3 fully saturated rings. The first-order valence-corrected chi connectivity index (χ1v) is 11.3. The van der Waals surface area contributed by atoms with E-state index in [2.05, 4.69) is 5.32 Å². The monoisotopic (exact) mass is 394 g/mol. The molecule has 2 aromatic rings. The lowest BCUT2D eigenvalue weighted by Crippen LogP contribution is -2.45. The summed E-state index contributed by atoms with van der Waals surface area (Å²) in [5, 5.41) is 3.92. The summed E-state index contributed by atoms with van der Waals surface area (Å²) in [7, 11) is 0. The van der Waals surface area contributed by atoms with Crippen LogP contribution in [0.1, 0.15) is 82.1 Å². The Balaban J connectivity index is 1.54. The summed E-state index contributed by atoms with van der Waals surface area (Å²) in [6, 6.07) is 8.02. The molecule has 1 saturated heterocycles. The third-order valence-corrected chi connectivity index (χ3v) is 7.02. The highest BCUT2D eigenvalue weighted by atomic mass is 16.2. The minimum absolute atomic E-state index is 0.0137. The van der Waals surface area contributed by atoms with Gasteiger partial charge in [-0.05, 0) is 50.7 Å². The summed E-state index contributed by atoms with van der Waals surface area (Å²) < 4.78 is 1.95. The van der Waals surface area contributed by atoms with Crippen LogP contribution in [0, 0.1) is 0 Å². The van der Waals surface area contributed by atoms with Crippen LogP contribution in [0.3, 0.4) is 0 Å². The zero-order valence-corrected chi connectivity index (χ0v) is 17.0. The molecular formula is C23H30N4O2. The molecule has 6 heteroatoms. The number of urea groups is 1. The number of aromatic nitrogens is 2. The third-order valence-electron chi connectivity index (χ3n) is 7.02. The van der Waals surface area contributed by atoms with Crippen molar-refractivity contribution in [2.75, 3.05) is 6.54 Å². The molecule has 1 aromatic carbocycles. The number of benzene rings is 1. The summed E-state index contributed by atoms with van der Waals surface area (Å²) in [5.41, 5.74) is 0.797. The second-order valence-electron chi connectivity index (χ2n) is 8.88. The maximum absolute atomic E-state index is 13.5. The molecule has 29 heavy (non-hydrogen) atoms. The van der Waals surface area contributed by atoms with Crippen molar-refractivity contribution in [3.63, 3.8) is 0 Å². The van der Waals surface area contributed by atoms with Gasteiger partial charge in [0.15, 0.2) is 0 Å². The highest BCUT2D eigenvalue weighted by Crippen LogP contribution is 2.36. The Morgan fingerprint density at radius 3 is 2.48 bits per heavy atom. The number of carbonyl (C=O) groups excluding carboxylic acids is 1. The van der Waals surface area contributed by atoms with Crippen molar-refractivity contribution in [1.82, 2.24) is 19.8 Å². The number of hydrogen-bond acceptors (Lipinski definition) is 3. The van der Waals surface area contributed by atoms with E-state index in [4.69, 9.17) is 4.98 Å². The predicted molar refractivity (Wildman–Crippen MR) is 113 cm³/mol. The lowest BCUT2D eigenvalue weighted by atomic mass is 10.1. The minimum atomic E-state index is -0.116. The van der Waals surface area contributed by atoms with Crippen LogP contribution in [0.5, 0.6) is 0 Å². The number of fused-ring (bicyclic) bond motifs is 1. The van der Waals surface area contributed by atoms with E-state index >= 15 is 0 Å². The van der Waals surface area contributed by atoms with E-state index < -0.39 is 0 Å². The Labute approximate surface area is 171 Å². The van der Waals surface area contributed by atoms with E-state index in [0.717, 1.165) is 69.3 Å². The van der Waals surface area contributed by atoms with Crippen LogP contribution >= 0.6 is 0 Å². The smallest absolute Gasteiger partial charge is 0.318 e. The van der Waals surface area contributed by atoms with Gasteiger partial charge < -0.3 is 10.2 Å². The lowest BCUT2D eigenvalue weighted by molar-refractivity contribution is 0.184. The number of rotatable bonds is 3. The molecule has 154 valence electrons. The van der Waals surface area contributed by atoms with Crippen LogP contribution in [-0.2, 0) is 0 Å². The average Bonchev–Trinajstić information content (AvgIpc) is 3.50. The molecule has 2 aliphatic carbocycles. The zero-order valence-electron chi connectivity index (χ0n) is 17.0. The van der Waals surface area contributed by atoms with Gasteiger partial charge in [-0.25, -0.2) is 9.78 Å². The highest BCUT2D eigenvalue weighted by molar-refractivity contribution is 5.78. The van der Waals surface area contributed by atoms with E-state index in [1.807, 2.05) is 33.7 Å². The Bertz CT molecular complexity index is 957. The molecule has 0 radical (unpaired) electrons. The van der Waals surface area contributed by atoms with Crippen LogP contribution in [0.25, 0.3) is 10.9 Å². The Morgan fingerprint density at radius 1 is 0.966 bits per heavy atom. The zero-order chi connectivity index (χ0) is 19.8. The van der Waals surface area contributed by atoms with Crippen molar-refractivity contribution in [1.29, 1.82) is 0 Å². The Kier molecular flexibility index (Phi) is 5.02. The molecular weight excluding hydrogens is 364 g/mol. The minimum Gasteiger partial charge on any atom is -0.335 e. The molecule has 2 saturated carbocycles.